The molecule has 0 bridgehead atoms. The summed E-state index contributed by atoms with van der Waals surface area (Å²) < 4.78 is 1.02. The van der Waals surface area contributed by atoms with Crippen LogP contribution in [0.15, 0.2) is 36.5 Å². The SMILES string of the molecule is Cc1ccnc(Cl)c1NC(=O)c1cc2cc(N)ccc2s1. The number of aryl methyl sites for hydroxylation is 1. The minimum absolute atomic E-state index is 0.201. The Morgan fingerprint density at radius 1 is 1.33 bits per heavy atom. The molecule has 0 aliphatic rings. The number of pyridine rings is 1. The van der Waals surface area contributed by atoms with Gasteiger partial charge in [-0.3, -0.25) is 4.79 Å². The van der Waals surface area contributed by atoms with E-state index in [1.54, 1.807) is 12.3 Å². The van der Waals surface area contributed by atoms with Crippen molar-refractivity contribution in [2.24, 2.45) is 0 Å². The number of amides is 1. The molecule has 0 unspecified atom stereocenters. The molecule has 2 aromatic heterocycles. The van der Waals surface area contributed by atoms with Crippen molar-refractivity contribution in [2.75, 3.05) is 11.1 Å². The quantitative estimate of drug-likeness (QED) is 0.552. The first-order valence-electron chi connectivity index (χ1n) is 6.26. The van der Waals surface area contributed by atoms with Crippen molar-refractivity contribution in [1.82, 2.24) is 4.98 Å². The van der Waals surface area contributed by atoms with Crippen LogP contribution in [0, 0.1) is 6.92 Å². The molecule has 1 amide bonds. The van der Waals surface area contributed by atoms with Gasteiger partial charge in [-0.15, -0.1) is 11.3 Å². The number of carbonyl (C=O) groups excluding carboxylic acids is 1. The van der Waals surface area contributed by atoms with Crippen LogP contribution >= 0.6 is 22.9 Å². The maximum atomic E-state index is 12.4. The first-order chi connectivity index (χ1) is 10.0. The molecule has 3 aromatic rings. The van der Waals surface area contributed by atoms with E-state index in [1.807, 2.05) is 31.2 Å². The van der Waals surface area contributed by atoms with E-state index in [4.69, 9.17) is 17.3 Å². The van der Waals surface area contributed by atoms with Crippen molar-refractivity contribution in [3.63, 3.8) is 0 Å². The van der Waals surface area contributed by atoms with Gasteiger partial charge < -0.3 is 11.1 Å². The van der Waals surface area contributed by atoms with E-state index in [1.165, 1.54) is 11.3 Å². The number of benzene rings is 1. The van der Waals surface area contributed by atoms with Crippen LogP contribution in [-0.2, 0) is 0 Å². The number of aromatic nitrogens is 1. The molecule has 0 fully saturated rings. The second-order valence-electron chi connectivity index (χ2n) is 4.66. The van der Waals surface area contributed by atoms with Gasteiger partial charge in [-0.1, -0.05) is 11.6 Å². The number of anilines is 2. The molecule has 4 nitrogen and oxygen atoms in total. The summed E-state index contributed by atoms with van der Waals surface area (Å²) in [5, 5.41) is 4.06. The number of thiophene rings is 1. The normalized spacial score (nSPS) is 10.8. The second-order valence-corrected chi connectivity index (χ2v) is 6.10. The minimum Gasteiger partial charge on any atom is -0.399 e. The highest BCUT2D eigenvalue weighted by Crippen LogP contribution is 2.29. The molecule has 0 saturated carbocycles. The molecule has 1 aromatic carbocycles. The van der Waals surface area contributed by atoms with Gasteiger partial charge in [-0.2, -0.15) is 0 Å². The molecular formula is C15H12ClN3OS. The zero-order valence-electron chi connectivity index (χ0n) is 11.2. The average molecular weight is 318 g/mol. The number of nitrogens with zero attached hydrogens (tertiary/aromatic N) is 1. The standard InChI is InChI=1S/C15H12ClN3OS/c1-8-4-5-18-14(16)13(8)19-15(20)12-7-9-6-10(17)2-3-11(9)21-12/h2-7H,17H2,1H3,(H,19,20). The lowest BCUT2D eigenvalue weighted by Gasteiger charge is -2.08. The molecule has 6 heteroatoms. The van der Waals surface area contributed by atoms with Gasteiger partial charge in [0.05, 0.1) is 10.6 Å². The largest absolute Gasteiger partial charge is 0.399 e. The molecule has 0 atom stereocenters. The van der Waals surface area contributed by atoms with E-state index in [0.717, 1.165) is 15.6 Å². The third-order valence-corrected chi connectivity index (χ3v) is 4.52. The van der Waals surface area contributed by atoms with Crippen LogP contribution < -0.4 is 11.1 Å². The second kappa shape index (κ2) is 5.35. The van der Waals surface area contributed by atoms with Crippen molar-refractivity contribution in [2.45, 2.75) is 6.92 Å². The number of rotatable bonds is 2. The summed E-state index contributed by atoms with van der Waals surface area (Å²) in [5.74, 6) is -0.201. The van der Waals surface area contributed by atoms with Gasteiger partial charge in [0.1, 0.15) is 0 Å². The number of hydrogen-bond donors (Lipinski definition) is 2. The Labute approximate surface area is 130 Å². The van der Waals surface area contributed by atoms with Crippen LogP contribution in [0.25, 0.3) is 10.1 Å². The fourth-order valence-electron chi connectivity index (χ4n) is 2.02. The van der Waals surface area contributed by atoms with Crippen molar-refractivity contribution < 1.29 is 4.79 Å². The average Bonchev–Trinajstić information content (AvgIpc) is 2.86. The van der Waals surface area contributed by atoms with Gasteiger partial charge in [0.25, 0.3) is 5.91 Å². The molecule has 0 aliphatic heterocycles. The molecule has 2 heterocycles. The Kier molecular flexibility index (Phi) is 3.53. The molecule has 0 saturated heterocycles. The number of fused-ring (bicyclic) bond motifs is 1. The van der Waals surface area contributed by atoms with Gasteiger partial charge in [0, 0.05) is 16.6 Å². The molecule has 0 spiro atoms. The molecule has 21 heavy (non-hydrogen) atoms. The highest BCUT2D eigenvalue weighted by atomic mass is 35.5. The third kappa shape index (κ3) is 2.70. The summed E-state index contributed by atoms with van der Waals surface area (Å²) in [5.41, 5.74) is 7.84. The zero-order valence-corrected chi connectivity index (χ0v) is 12.8. The van der Waals surface area contributed by atoms with Crippen LogP contribution in [0.5, 0.6) is 0 Å². The summed E-state index contributed by atoms with van der Waals surface area (Å²) in [6.07, 6.45) is 1.61. The Hall–Kier alpha value is -2.11. The van der Waals surface area contributed by atoms with E-state index in [0.29, 0.717) is 16.3 Å². The lowest BCUT2D eigenvalue weighted by atomic mass is 10.2. The lowest BCUT2D eigenvalue weighted by Crippen LogP contribution is -2.11. The Morgan fingerprint density at radius 2 is 2.14 bits per heavy atom. The van der Waals surface area contributed by atoms with Gasteiger partial charge in [-0.25, -0.2) is 4.98 Å². The first kappa shape index (κ1) is 13.9. The van der Waals surface area contributed by atoms with Crippen LogP contribution in [0.3, 0.4) is 0 Å². The van der Waals surface area contributed by atoms with Gasteiger partial charge in [0.15, 0.2) is 5.15 Å². The predicted molar refractivity (Wildman–Crippen MR) is 88.2 cm³/mol. The van der Waals surface area contributed by atoms with E-state index in [-0.39, 0.29) is 11.1 Å². The van der Waals surface area contributed by atoms with E-state index >= 15 is 0 Å². The molecule has 0 radical (unpaired) electrons. The highest BCUT2D eigenvalue weighted by molar-refractivity contribution is 7.20. The van der Waals surface area contributed by atoms with E-state index in [9.17, 15) is 4.79 Å². The predicted octanol–water partition coefficient (Wildman–Crippen LogP) is 4.09. The smallest absolute Gasteiger partial charge is 0.265 e. The van der Waals surface area contributed by atoms with Crippen molar-refractivity contribution in [3.05, 3.63) is 52.1 Å². The van der Waals surface area contributed by atoms with Crippen LogP contribution in [-0.4, -0.2) is 10.9 Å². The summed E-state index contributed by atoms with van der Waals surface area (Å²) in [4.78, 5) is 16.9. The summed E-state index contributed by atoms with van der Waals surface area (Å²) in [7, 11) is 0. The number of nitrogens with one attached hydrogen (secondary N) is 1. The van der Waals surface area contributed by atoms with Crippen molar-refractivity contribution in [1.29, 1.82) is 0 Å². The maximum absolute atomic E-state index is 12.4. The summed E-state index contributed by atoms with van der Waals surface area (Å²) >= 11 is 7.44. The maximum Gasteiger partial charge on any atom is 0.265 e. The van der Waals surface area contributed by atoms with Gasteiger partial charge in [0.2, 0.25) is 0 Å². The Bertz CT molecular complexity index is 824. The number of nitrogen functional groups attached to an aromatic ring is 1. The molecule has 0 aliphatic carbocycles. The fraction of sp³-hybridized carbons (Fsp3) is 0.0667. The van der Waals surface area contributed by atoms with Crippen molar-refractivity contribution >= 4 is 50.3 Å². The molecule has 106 valence electrons. The third-order valence-electron chi connectivity index (χ3n) is 3.12. The number of nitrogens with two attached hydrogens (primary N) is 1. The summed E-state index contributed by atoms with van der Waals surface area (Å²) in [6.45, 7) is 1.87. The zero-order chi connectivity index (χ0) is 15.0. The van der Waals surface area contributed by atoms with Crippen LogP contribution in [0.1, 0.15) is 15.2 Å². The number of hydrogen-bond acceptors (Lipinski definition) is 4. The Balaban J connectivity index is 1.94. The lowest BCUT2D eigenvalue weighted by molar-refractivity contribution is 0.103. The van der Waals surface area contributed by atoms with Gasteiger partial charge >= 0.3 is 0 Å². The Morgan fingerprint density at radius 3 is 2.90 bits per heavy atom. The number of halogens is 1. The van der Waals surface area contributed by atoms with Crippen LogP contribution in [0.4, 0.5) is 11.4 Å². The van der Waals surface area contributed by atoms with Gasteiger partial charge in [-0.05, 0) is 48.2 Å². The molecule has 3 N–H and O–H groups in total. The monoisotopic (exact) mass is 317 g/mol. The highest BCUT2D eigenvalue weighted by Gasteiger charge is 2.14. The fourth-order valence-corrected chi connectivity index (χ4v) is 3.22. The van der Waals surface area contributed by atoms with Crippen LogP contribution in [0.2, 0.25) is 5.15 Å². The van der Waals surface area contributed by atoms with E-state index < -0.39 is 0 Å². The van der Waals surface area contributed by atoms with Crippen molar-refractivity contribution in [3.8, 4) is 0 Å². The first-order valence-corrected chi connectivity index (χ1v) is 7.45. The van der Waals surface area contributed by atoms with E-state index in [2.05, 4.69) is 10.3 Å². The topological polar surface area (TPSA) is 68.0 Å². The molecule has 3 rings (SSSR count). The summed E-state index contributed by atoms with van der Waals surface area (Å²) in [6, 6.07) is 9.21. The minimum atomic E-state index is -0.201. The molecular weight excluding hydrogens is 306 g/mol. The number of carbonyl (C=O) groups is 1.